The monoisotopic (exact) mass is 498 g/mol. The number of benzene rings is 1. The zero-order valence-corrected chi connectivity index (χ0v) is 20.3. The standard InChI is InChI=1S/C22H34N4O7S/c1-11(2)8-15(23)19(29)26-18(12(3)27)21(31)25-17(10-34)20(30)24-16(22(32)33)9-13-4-6-14(28)7-5-13/h4-7,11-12,15-18,27-28,34H,8-10,23H2,1-3H3,(H,24,30)(H,25,31)(H,26,29)(H,32,33). The Hall–Kier alpha value is -2.83. The topological polar surface area (TPSA) is 191 Å². The summed E-state index contributed by atoms with van der Waals surface area (Å²) < 4.78 is 0. The van der Waals surface area contributed by atoms with Gasteiger partial charge >= 0.3 is 5.97 Å². The van der Waals surface area contributed by atoms with Gasteiger partial charge in [-0.3, -0.25) is 14.4 Å². The number of carboxylic acids is 1. The van der Waals surface area contributed by atoms with Crippen LogP contribution in [-0.2, 0) is 25.6 Å². The summed E-state index contributed by atoms with van der Waals surface area (Å²) >= 11 is 4.05. The zero-order chi connectivity index (χ0) is 26.0. The molecular formula is C22H34N4O7S. The molecule has 1 aromatic rings. The van der Waals surface area contributed by atoms with Crippen molar-refractivity contribution < 1.29 is 34.5 Å². The third-order valence-corrected chi connectivity index (χ3v) is 5.30. The van der Waals surface area contributed by atoms with E-state index in [1.165, 1.54) is 31.2 Å². The number of carbonyl (C=O) groups excluding carboxylic acids is 3. The van der Waals surface area contributed by atoms with Crippen LogP contribution in [-0.4, -0.2) is 75.0 Å². The van der Waals surface area contributed by atoms with Crippen LogP contribution >= 0.6 is 12.6 Å². The van der Waals surface area contributed by atoms with E-state index in [9.17, 15) is 34.5 Å². The Balaban J connectivity index is 2.84. The molecule has 5 unspecified atom stereocenters. The summed E-state index contributed by atoms with van der Waals surface area (Å²) in [6, 6.07) is 1.03. The second kappa shape index (κ2) is 13.8. The number of nitrogens with two attached hydrogens (primary N) is 1. The van der Waals surface area contributed by atoms with Gasteiger partial charge in [0.15, 0.2) is 0 Å². The van der Waals surface area contributed by atoms with Gasteiger partial charge in [-0.15, -0.1) is 0 Å². The number of hydrogen-bond acceptors (Lipinski definition) is 8. The van der Waals surface area contributed by atoms with Gasteiger partial charge in [-0.05, 0) is 37.0 Å². The first-order valence-corrected chi connectivity index (χ1v) is 11.4. The summed E-state index contributed by atoms with van der Waals surface area (Å²) in [7, 11) is 0. The van der Waals surface area contributed by atoms with E-state index in [1.54, 1.807) is 0 Å². The molecule has 0 fully saturated rings. The largest absolute Gasteiger partial charge is 0.508 e. The second-order valence-corrected chi connectivity index (χ2v) is 8.84. The maximum Gasteiger partial charge on any atom is 0.326 e. The first-order chi connectivity index (χ1) is 15.8. The molecule has 5 atom stereocenters. The molecule has 0 aliphatic carbocycles. The van der Waals surface area contributed by atoms with E-state index in [2.05, 4.69) is 28.6 Å². The lowest BCUT2D eigenvalue weighted by Gasteiger charge is -2.26. The van der Waals surface area contributed by atoms with Crippen LogP contribution in [0.3, 0.4) is 0 Å². The number of rotatable bonds is 13. The number of thiol groups is 1. The molecule has 190 valence electrons. The molecule has 0 aromatic heterocycles. The molecule has 34 heavy (non-hydrogen) atoms. The summed E-state index contributed by atoms with van der Waals surface area (Å²) in [6.07, 6.45) is -0.978. The second-order valence-electron chi connectivity index (χ2n) is 8.48. The number of nitrogens with one attached hydrogen (secondary N) is 3. The maximum absolute atomic E-state index is 12.7. The molecule has 0 radical (unpaired) electrons. The molecule has 1 aromatic carbocycles. The molecule has 1 rings (SSSR count). The molecule has 0 saturated carbocycles. The number of phenols is 1. The Morgan fingerprint density at radius 3 is 1.97 bits per heavy atom. The number of aliphatic hydroxyl groups excluding tert-OH is 1. The Labute approximate surface area is 203 Å². The van der Waals surface area contributed by atoms with Gasteiger partial charge in [0.25, 0.3) is 0 Å². The van der Waals surface area contributed by atoms with Gasteiger partial charge < -0.3 is 37.0 Å². The SMILES string of the molecule is CC(C)CC(N)C(=O)NC(C(=O)NC(CS)C(=O)NC(Cc1ccc(O)cc1)C(=O)O)C(C)O. The van der Waals surface area contributed by atoms with Crippen LogP contribution in [0.1, 0.15) is 32.8 Å². The lowest BCUT2D eigenvalue weighted by atomic mass is 10.0. The van der Waals surface area contributed by atoms with Crippen LogP contribution in [0.15, 0.2) is 24.3 Å². The summed E-state index contributed by atoms with van der Waals surface area (Å²) in [6.45, 7) is 5.06. The first kappa shape index (κ1) is 29.2. The third-order valence-electron chi connectivity index (χ3n) is 4.93. The normalized spacial score (nSPS) is 15.5. The van der Waals surface area contributed by atoms with E-state index in [0.717, 1.165) is 0 Å². The van der Waals surface area contributed by atoms with E-state index < -0.39 is 54.0 Å². The fourth-order valence-electron chi connectivity index (χ4n) is 3.08. The highest BCUT2D eigenvalue weighted by molar-refractivity contribution is 7.80. The molecule has 0 aliphatic heterocycles. The smallest absolute Gasteiger partial charge is 0.326 e. The number of carboxylic acid groups (broad SMARTS) is 1. The van der Waals surface area contributed by atoms with Gasteiger partial charge in [0.2, 0.25) is 17.7 Å². The molecule has 11 nitrogen and oxygen atoms in total. The van der Waals surface area contributed by atoms with Crippen molar-refractivity contribution in [3.05, 3.63) is 29.8 Å². The van der Waals surface area contributed by atoms with E-state index in [0.29, 0.717) is 12.0 Å². The number of hydrogen-bond donors (Lipinski definition) is 8. The number of amides is 3. The molecule has 12 heteroatoms. The fourth-order valence-corrected chi connectivity index (χ4v) is 3.33. The molecule has 0 saturated heterocycles. The van der Waals surface area contributed by atoms with Gasteiger partial charge in [0.05, 0.1) is 12.1 Å². The molecule has 0 bridgehead atoms. The van der Waals surface area contributed by atoms with Crippen LogP contribution < -0.4 is 21.7 Å². The fraction of sp³-hybridized carbons (Fsp3) is 0.545. The lowest BCUT2D eigenvalue weighted by Crippen LogP contribution is -2.60. The average molecular weight is 499 g/mol. The van der Waals surface area contributed by atoms with Crippen molar-refractivity contribution in [2.45, 2.75) is 63.9 Å². The summed E-state index contributed by atoms with van der Waals surface area (Å²) in [5.41, 5.74) is 6.39. The summed E-state index contributed by atoms with van der Waals surface area (Å²) in [4.78, 5) is 49.3. The van der Waals surface area contributed by atoms with Crippen LogP contribution in [0.2, 0.25) is 0 Å². The molecule has 0 spiro atoms. The van der Waals surface area contributed by atoms with E-state index in [1.807, 2.05) is 13.8 Å². The van der Waals surface area contributed by atoms with E-state index in [4.69, 9.17) is 5.73 Å². The van der Waals surface area contributed by atoms with Crippen molar-refractivity contribution in [1.29, 1.82) is 0 Å². The van der Waals surface area contributed by atoms with Crippen LogP contribution in [0, 0.1) is 5.92 Å². The minimum absolute atomic E-state index is 0.0161. The Morgan fingerprint density at radius 2 is 1.50 bits per heavy atom. The molecular weight excluding hydrogens is 464 g/mol. The highest BCUT2D eigenvalue weighted by Gasteiger charge is 2.32. The van der Waals surface area contributed by atoms with Gasteiger partial charge in [0, 0.05) is 12.2 Å². The van der Waals surface area contributed by atoms with Crippen LogP contribution in [0.4, 0.5) is 0 Å². The van der Waals surface area contributed by atoms with E-state index in [-0.39, 0.29) is 23.8 Å². The minimum atomic E-state index is -1.38. The van der Waals surface area contributed by atoms with E-state index >= 15 is 0 Å². The lowest BCUT2D eigenvalue weighted by molar-refractivity contribution is -0.142. The number of carbonyl (C=O) groups is 4. The van der Waals surface area contributed by atoms with Crippen molar-refractivity contribution in [1.82, 2.24) is 16.0 Å². The average Bonchev–Trinajstić information content (AvgIpc) is 2.75. The zero-order valence-electron chi connectivity index (χ0n) is 19.4. The molecule has 8 N–H and O–H groups in total. The third kappa shape index (κ3) is 9.57. The molecule has 3 amide bonds. The Kier molecular flexibility index (Phi) is 11.8. The van der Waals surface area contributed by atoms with Crippen molar-refractivity contribution in [3.8, 4) is 5.75 Å². The number of aliphatic hydroxyl groups is 1. The van der Waals surface area contributed by atoms with Gasteiger partial charge in [-0.25, -0.2) is 4.79 Å². The maximum atomic E-state index is 12.7. The van der Waals surface area contributed by atoms with Gasteiger partial charge in [0.1, 0.15) is 23.9 Å². The van der Waals surface area contributed by atoms with Crippen molar-refractivity contribution in [2.75, 3.05) is 5.75 Å². The first-order valence-electron chi connectivity index (χ1n) is 10.8. The van der Waals surface area contributed by atoms with Crippen molar-refractivity contribution >= 4 is 36.3 Å². The number of aliphatic carboxylic acids is 1. The molecule has 0 heterocycles. The van der Waals surface area contributed by atoms with Gasteiger partial charge in [-0.1, -0.05) is 26.0 Å². The molecule has 0 aliphatic rings. The highest BCUT2D eigenvalue weighted by Crippen LogP contribution is 2.12. The van der Waals surface area contributed by atoms with Crippen molar-refractivity contribution in [2.24, 2.45) is 11.7 Å². The number of aromatic hydroxyl groups is 1. The quantitative estimate of drug-likeness (QED) is 0.161. The summed E-state index contributed by atoms with van der Waals surface area (Å²) in [5.74, 6) is -3.58. The minimum Gasteiger partial charge on any atom is -0.508 e. The highest BCUT2D eigenvalue weighted by atomic mass is 32.1. The van der Waals surface area contributed by atoms with Crippen LogP contribution in [0.25, 0.3) is 0 Å². The Bertz CT molecular complexity index is 848. The summed E-state index contributed by atoms with van der Waals surface area (Å²) in [5, 5.41) is 35.9. The van der Waals surface area contributed by atoms with Crippen molar-refractivity contribution in [3.63, 3.8) is 0 Å². The Morgan fingerprint density at radius 1 is 0.941 bits per heavy atom. The van der Waals surface area contributed by atoms with Crippen LogP contribution in [0.5, 0.6) is 5.75 Å². The predicted molar refractivity (Wildman–Crippen MR) is 128 cm³/mol. The van der Waals surface area contributed by atoms with Gasteiger partial charge in [-0.2, -0.15) is 12.6 Å². The number of phenolic OH excluding ortho intramolecular Hbond substituents is 1. The predicted octanol–water partition coefficient (Wildman–Crippen LogP) is -0.842.